The van der Waals surface area contributed by atoms with Crippen molar-refractivity contribution in [2.75, 3.05) is 0 Å². The molecule has 2 aromatic carbocycles. The van der Waals surface area contributed by atoms with E-state index in [9.17, 15) is 0 Å². The van der Waals surface area contributed by atoms with E-state index in [-0.39, 0.29) is 6.10 Å². The van der Waals surface area contributed by atoms with Crippen LogP contribution in [0.4, 0.5) is 0 Å². The van der Waals surface area contributed by atoms with Crippen LogP contribution in [0.2, 0.25) is 0 Å². The predicted octanol–water partition coefficient (Wildman–Crippen LogP) is 4.37. The third-order valence-corrected chi connectivity index (χ3v) is 3.67. The molecule has 19 heavy (non-hydrogen) atoms. The van der Waals surface area contributed by atoms with Gasteiger partial charge in [0.05, 0.1) is 6.10 Å². The molecule has 100 valence electrons. The van der Waals surface area contributed by atoms with Crippen molar-refractivity contribution < 1.29 is 5.11 Å². The van der Waals surface area contributed by atoms with Gasteiger partial charge in [0, 0.05) is 5.92 Å². The number of hydrogen-bond acceptors (Lipinski definition) is 1. The van der Waals surface area contributed by atoms with Crippen LogP contribution in [0.5, 0.6) is 0 Å². The van der Waals surface area contributed by atoms with Crippen LogP contribution < -0.4 is 0 Å². The van der Waals surface area contributed by atoms with Crippen molar-refractivity contribution in [3.05, 3.63) is 71.8 Å². The quantitative estimate of drug-likeness (QED) is 0.843. The van der Waals surface area contributed by atoms with Crippen LogP contribution >= 0.6 is 0 Å². The average molecular weight is 254 g/mol. The predicted molar refractivity (Wildman–Crippen MR) is 80.3 cm³/mol. The third-order valence-electron chi connectivity index (χ3n) is 3.67. The normalized spacial score (nSPS) is 14.5. The Morgan fingerprint density at radius 2 is 1.21 bits per heavy atom. The standard InChI is InChI=1S/C14H14.C4H8O/c1-12(13-8-4-2-5-9-13)14-10-6-3-7-11-14;5-4-2-1-3-4/h2-12H,1H3;4-5H,1-3H2. The van der Waals surface area contributed by atoms with Crippen LogP contribution in [-0.2, 0) is 0 Å². The molecule has 1 saturated carbocycles. The Kier molecular flexibility index (Phi) is 5.17. The average Bonchev–Trinajstić information content (AvgIpc) is 2.47. The Balaban J connectivity index is 0.000000224. The minimum atomic E-state index is 0.0648. The van der Waals surface area contributed by atoms with Gasteiger partial charge in [-0.1, -0.05) is 67.6 Å². The molecular formula is C18H22O. The van der Waals surface area contributed by atoms with Crippen LogP contribution in [0.15, 0.2) is 60.7 Å². The monoisotopic (exact) mass is 254 g/mol. The third kappa shape index (κ3) is 4.22. The number of rotatable bonds is 2. The maximum atomic E-state index is 8.45. The molecule has 1 aliphatic carbocycles. The molecule has 3 rings (SSSR count). The Bertz CT molecular complexity index is 420. The van der Waals surface area contributed by atoms with Crippen molar-refractivity contribution >= 4 is 0 Å². The maximum Gasteiger partial charge on any atom is 0.0540 e. The molecule has 0 aliphatic heterocycles. The molecule has 1 aliphatic rings. The summed E-state index contributed by atoms with van der Waals surface area (Å²) in [6, 6.07) is 21.2. The lowest BCUT2D eigenvalue weighted by Crippen LogP contribution is -2.15. The molecule has 0 heterocycles. The van der Waals surface area contributed by atoms with E-state index in [4.69, 9.17) is 5.11 Å². The van der Waals surface area contributed by atoms with Crippen molar-refractivity contribution in [3.63, 3.8) is 0 Å². The zero-order valence-corrected chi connectivity index (χ0v) is 11.5. The van der Waals surface area contributed by atoms with Gasteiger partial charge in [0.1, 0.15) is 0 Å². The second-order valence-electron chi connectivity index (χ2n) is 5.13. The SMILES string of the molecule is CC(c1ccccc1)c1ccccc1.OC1CCC1. The molecule has 0 unspecified atom stereocenters. The highest BCUT2D eigenvalue weighted by Gasteiger charge is 2.11. The molecular weight excluding hydrogens is 232 g/mol. The smallest absolute Gasteiger partial charge is 0.0540 e. The molecule has 1 fully saturated rings. The van der Waals surface area contributed by atoms with Crippen LogP contribution in [0.1, 0.15) is 43.2 Å². The Hall–Kier alpha value is -1.60. The van der Waals surface area contributed by atoms with Crippen molar-refractivity contribution in [2.45, 2.75) is 38.2 Å². The first-order valence-electron chi connectivity index (χ1n) is 7.05. The molecule has 0 atom stereocenters. The molecule has 1 nitrogen and oxygen atoms in total. The van der Waals surface area contributed by atoms with Gasteiger partial charge >= 0.3 is 0 Å². The van der Waals surface area contributed by atoms with Crippen molar-refractivity contribution in [2.24, 2.45) is 0 Å². The molecule has 2 aromatic rings. The molecule has 1 heteroatoms. The molecule has 1 N–H and O–H groups in total. The van der Waals surface area contributed by atoms with Gasteiger partial charge in [0.15, 0.2) is 0 Å². The van der Waals surface area contributed by atoms with E-state index in [0.717, 1.165) is 12.8 Å². The summed E-state index contributed by atoms with van der Waals surface area (Å²) in [5.74, 6) is 0.484. The number of aliphatic hydroxyl groups excluding tert-OH is 1. The zero-order chi connectivity index (χ0) is 13.5. The van der Waals surface area contributed by atoms with Crippen molar-refractivity contribution in [1.82, 2.24) is 0 Å². The lowest BCUT2D eigenvalue weighted by atomic mass is 9.93. The number of benzene rings is 2. The Morgan fingerprint density at radius 1 is 0.842 bits per heavy atom. The van der Waals surface area contributed by atoms with Gasteiger partial charge in [-0.25, -0.2) is 0 Å². The first-order chi connectivity index (χ1) is 9.27. The molecule has 0 radical (unpaired) electrons. The minimum absolute atomic E-state index is 0.0648. The first kappa shape index (κ1) is 13.8. The summed E-state index contributed by atoms with van der Waals surface area (Å²) in [5.41, 5.74) is 2.75. The summed E-state index contributed by atoms with van der Waals surface area (Å²) in [6.07, 6.45) is 3.39. The van der Waals surface area contributed by atoms with Gasteiger partial charge in [-0.2, -0.15) is 0 Å². The molecule has 0 amide bonds. The summed E-state index contributed by atoms with van der Waals surface area (Å²) in [6.45, 7) is 2.24. The summed E-state index contributed by atoms with van der Waals surface area (Å²) in [4.78, 5) is 0. The highest BCUT2D eigenvalue weighted by atomic mass is 16.3. The highest BCUT2D eigenvalue weighted by Crippen LogP contribution is 2.22. The van der Waals surface area contributed by atoms with E-state index in [2.05, 4.69) is 67.6 Å². The van der Waals surface area contributed by atoms with E-state index < -0.39 is 0 Å². The highest BCUT2D eigenvalue weighted by molar-refractivity contribution is 5.31. The van der Waals surface area contributed by atoms with E-state index in [1.165, 1.54) is 17.5 Å². The Labute approximate surface area is 115 Å². The van der Waals surface area contributed by atoms with Crippen molar-refractivity contribution in [1.29, 1.82) is 0 Å². The minimum Gasteiger partial charge on any atom is -0.393 e. The van der Waals surface area contributed by atoms with Gasteiger partial charge in [0.2, 0.25) is 0 Å². The van der Waals surface area contributed by atoms with Crippen molar-refractivity contribution in [3.8, 4) is 0 Å². The summed E-state index contributed by atoms with van der Waals surface area (Å²) < 4.78 is 0. The van der Waals surface area contributed by atoms with E-state index in [1.807, 2.05) is 0 Å². The van der Waals surface area contributed by atoms with Gasteiger partial charge in [-0.15, -0.1) is 0 Å². The summed E-state index contributed by atoms with van der Waals surface area (Å²) >= 11 is 0. The van der Waals surface area contributed by atoms with Gasteiger partial charge in [-0.05, 0) is 30.4 Å². The van der Waals surface area contributed by atoms with Crippen LogP contribution in [-0.4, -0.2) is 11.2 Å². The number of aliphatic hydroxyl groups is 1. The second kappa shape index (κ2) is 7.10. The van der Waals surface area contributed by atoms with Crippen LogP contribution in [0.3, 0.4) is 0 Å². The Morgan fingerprint density at radius 3 is 1.47 bits per heavy atom. The van der Waals surface area contributed by atoms with Crippen LogP contribution in [0.25, 0.3) is 0 Å². The largest absolute Gasteiger partial charge is 0.393 e. The zero-order valence-electron chi connectivity index (χ0n) is 11.5. The topological polar surface area (TPSA) is 20.2 Å². The first-order valence-corrected chi connectivity index (χ1v) is 7.05. The van der Waals surface area contributed by atoms with E-state index in [1.54, 1.807) is 0 Å². The molecule has 0 bridgehead atoms. The van der Waals surface area contributed by atoms with Crippen LogP contribution in [0, 0.1) is 0 Å². The lowest BCUT2D eigenvalue weighted by Gasteiger charge is -2.17. The van der Waals surface area contributed by atoms with Gasteiger partial charge < -0.3 is 5.11 Å². The molecule has 0 saturated heterocycles. The fourth-order valence-corrected chi connectivity index (χ4v) is 2.06. The second-order valence-corrected chi connectivity index (χ2v) is 5.13. The van der Waals surface area contributed by atoms with E-state index in [0.29, 0.717) is 5.92 Å². The maximum absolute atomic E-state index is 8.45. The fourth-order valence-electron chi connectivity index (χ4n) is 2.06. The molecule has 0 spiro atoms. The summed E-state index contributed by atoms with van der Waals surface area (Å²) in [5, 5.41) is 8.45. The van der Waals surface area contributed by atoms with E-state index >= 15 is 0 Å². The lowest BCUT2D eigenvalue weighted by molar-refractivity contribution is 0.0950. The fraction of sp³-hybridized carbons (Fsp3) is 0.333. The number of hydrogen-bond donors (Lipinski definition) is 1. The summed E-state index contributed by atoms with van der Waals surface area (Å²) in [7, 11) is 0. The van der Waals surface area contributed by atoms with Gasteiger partial charge in [-0.3, -0.25) is 0 Å². The van der Waals surface area contributed by atoms with Gasteiger partial charge in [0.25, 0.3) is 0 Å². The molecule has 0 aromatic heterocycles.